The minimum atomic E-state index is -3.39. The van der Waals surface area contributed by atoms with Gasteiger partial charge < -0.3 is 0 Å². The van der Waals surface area contributed by atoms with Crippen molar-refractivity contribution in [2.45, 2.75) is 12.7 Å². The number of sulfonamides is 1. The van der Waals surface area contributed by atoms with Crippen LogP contribution in [0.15, 0.2) is 10.5 Å². The van der Waals surface area contributed by atoms with Gasteiger partial charge in [0, 0.05) is 14.2 Å². The number of hydrogen-bond acceptors (Lipinski definition) is 3. The molecule has 0 fully saturated rings. The van der Waals surface area contributed by atoms with Crippen molar-refractivity contribution in [3.8, 4) is 0 Å². The Kier molecular flexibility index (Phi) is 2.92. The fourth-order valence-corrected chi connectivity index (χ4v) is 3.39. The van der Waals surface area contributed by atoms with E-state index in [9.17, 15) is 8.42 Å². The lowest BCUT2D eigenvalue weighted by atomic mass is 10.5. The summed E-state index contributed by atoms with van der Waals surface area (Å²) < 4.78 is 22.3. The predicted octanol–water partition coefficient (Wildman–Crippen LogP) is 1.61. The summed E-state index contributed by atoms with van der Waals surface area (Å²) in [6.07, 6.45) is 0. The quantitative estimate of drug-likeness (QED) is 0.887. The molecule has 6 heteroatoms. The maximum Gasteiger partial charge on any atom is 0.214 e. The van der Waals surface area contributed by atoms with Gasteiger partial charge in [0.05, 0.1) is 5.75 Å². The third kappa shape index (κ3) is 2.85. The molecule has 3 nitrogen and oxygen atoms in total. The molecular weight excluding hydrogens is 262 g/mol. The Bertz CT molecular complexity index is 363. The predicted molar refractivity (Wildman–Crippen MR) is 53.6 cm³/mol. The van der Waals surface area contributed by atoms with Crippen molar-refractivity contribution in [2.75, 3.05) is 0 Å². The second kappa shape index (κ2) is 3.45. The first-order valence-electron chi connectivity index (χ1n) is 3.14. The van der Waals surface area contributed by atoms with Gasteiger partial charge in [0.15, 0.2) is 0 Å². The van der Waals surface area contributed by atoms with E-state index in [1.807, 2.05) is 6.92 Å². The molecule has 0 aliphatic rings. The van der Waals surface area contributed by atoms with Crippen LogP contribution in [0.1, 0.15) is 9.75 Å². The third-order valence-corrected chi connectivity index (χ3v) is 4.28. The first-order chi connectivity index (χ1) is 5.38. The molecule has 12 heavy (non-hydrogen) atoms. The summed E-state index contributed by atoms with van der Waals surface area (Å²) in [4.78, 5) is 1.83. The molecule has 0 bridgehead atoms. The van der Waals surface area contributed by atoms with E-state index in [2.05, 4.69) is 15.9 Å². The number of hydrogen-bond donors (Lipinski definition) is 1. The van der Waals surface area contributed by atoms with E-state index in [0.29, 0.717) is 0 Å². The lowest BCUT2D eigenvalue weighted by Crippen LogP contribution is -2.13. The molecule has 0 aliphatic heterocycles. The van der Waals surface area contributed by atoms with E-state index >= 15 is 0 Å². The number of halogens is 1. The molecular formula is C6H8BrNO2S2. The molecule has 0 saturated heterocycles. The number of primary sulfonamides is 1. The van der Waals surface area contributed by atoms with E-state index in [-0.39, 0.29) is 5.75 Å². The van der Waals surface area contributed by atoms with Gasteiger partial charge in [-0.15, -0.1) is 11.3 Å². The molecule has 0 amide bonds. The summed E-state index contributed by atoms with van der Waals surface area (Å²) in [5, 5.41) is 4.89. The summed E-state index contributed by atoms with van der Waals surface area (Å²) in [7, 11) is -3.39. The molecule has 0 radical (unpaired) electrons. The van der Waals surface area contributed by atoms with Crippen LogP contribution in [-0.2, 0) is 15.8 Å². The average molecular weight is 270 g/mol. The van der Waals surface area contributed by atoms with Gasteiger partial charge in [-0.25, -0.2) is 13.6 Å². The van der Waals surface area contributed by atoms with Crippen LogP contribution in [0, 0.1) is 6.92 Å². The smallest absolute Gasteiger partial charge is 0.214 e. The molecule has 1 aromatic heterocycles. The molecule has 1 heterocycles. The molecule has 1 aromatic rings. The fraction of sp³-hybridized carbons (Fsp3) is 0.333. The Labute approximate surface area is 83.8 Å². The van der Waals surface area contributed by atoms with Crippen LogP contribution in [0.5, 0.6) is 0 Å². The molecule has 2 N–H and O–H groups in total. The number of thiophene rings is 1. The zero-order valence-electron chi connectivity index (χ0n) is 6.37. The van der Waals surface area contributed by atoms with E-state index < -0.39 is 10.0 Å². The minimum absolute atomic E-state index is 0.0793. The number of aryl methyl sites for hydroxylation is 1. The Morgan fingerprint density at radius 3 is 2.58 bits per heavy atom. The van der Waals surface area contributed by atoms with E-state index in [1.165, 1.54) is 11.3 Å². The van der Waals surface area contributed by atoms with Crippen LogP contribution in [0.2, 0.25) is 0 Å². The average Bonchev–Trinajstić information content (AvgIpc) is 2.07. The Morgan fingerprint density at radius 2 is 2.25 bits per heavy atom. The van der Waals surface area contributed by atoms with Gasteiger partial charge >= 0.3 is 0 Å². The van der Waals surface area contributed by atoms with Crippen LogP contribution < -0.4 is 5.14 Å². The zero-order chi connectivity index (χ0) is 9.35. The molecule has 0 spiro atoms. The summed E-state index contributed by atoms with van der Waals surface area (Å²) in [6.45, 7) is 1.92. The van der Waals surface area contributed by atoms with Crippen LogP contribution >= 0.6 is 27.3 Å². The molecule has 0 saturated carbocycles. The maximum absolute atomic E-state index is 10.7. The largest absolute Gasteiger partial charge is 0.228 e. The van der Waals surface area contributed by atoms with Gasteiger partial charge in [-0.1, -0.05) is 0 Å². The van der Waals surface area contributed by atoms with Crippen molar-refractivity contribution in [1.29, 1.82) is 0 Å². The summed E-state index contributed by atoms with van der Waals surface area (Å²) in [6, 6.07) is 1.78. The van der Waals surface area contributed by atoms with Crippen molar-refractivity contribution in [1.82, 2.24) is 0 Å². The first kappa shape index (κ1) is 10.2. The van der Waals surface area contributed by atoms with Crippen LogP contribution in [0.4, 0.5) is 0 Å². The number of rotatable bonds is 2. The van der Waals surface area contributed by atoms with Gasteiger partial charge in [-0.05, 0) is 28.9 Å². The van der Waals surface area contributed by atoms with E-state index in [0.717, 1.165) is 14.2 Å². The van der Waals surface area contributed by atoms with Gasteiger partial charge in [-0.2, -0.15) is 0 Å². The van der Waals surface area contributed by atoms with E-state index in [1.54, 1.807) is 6.07 Å². The molecule has 0 aliphatic carbocycles. The van der Waals surface area contributed by atoms with Gasteiger partial charge in [0.2, 0.25) is 10.0 Å². The van der Waals surface area contributed by atoms with Gasteiger partial charge in [0.25, 0.3) is 0 Å². The highest BCUT2D eigenvalue weighted by Gasteiger charge is 2.09. The first-order valence-corrected chi connectivity index (χ1v) is 6.46. The van der Waals surface area contributed by atoms with Crippen LogP contribution in [-0.4, -0.2) is 8.42 Å². The Hall–Kier alpha value is 0.0900. The molecule has 0 aromatic carbocycles. The lowest BCUT2D eigenvalue weighted by Gasteiger charge is -1.91. The third-order valence-electron chi connectivity index (χ3n) is 1.25. The second-order valence-electron chi connectivity index (χ2n) is 2.42. The van der Waals surface area contributed by atoms with Crippen molar-refractivity contribution in [3.63, 3.8) is 0 Å². The number of nitrogens with two attached hydrogens (primary N) is 1. The highest BCUT2D eigenvalue weighted by molar-refractivity contribution is 9.10. The van der Waals surface area contributed by atoms with Crippen molar-refractivity contribution in [3.05, 3.63) is 20.3 Å². The molecule has 0 unspecified atom stereocenters. The van der Waals surface area contributed by atoms with Gasteiger partial charge in [0.1, 0.15) is 0 Å². The van der Waals surface area contributed by atoms with Crippen LogP contribution in [0.3, 0.4) is 0 Å². The minimum Gasteiger partial charge on any atom is -0.228 e. The maximum atomic E-state index is 10.7. The Balaban J connectivity index is 2.92. The highest BCUT2D eigenvalue weighted by Crippen LogP contribution is 2.27. The topological polar surface area (TPSA) is 60.2 Å². The molecule has 0 atom stereocenters. The molecule has 68 valence electrons. The summed E-state index contributed by atoms with van der Waals surface area (Å²) in [5.74, 6) is -0.0793. The summed E-state index contributed by atoms with van der Waals surface area (Å²) >= 11 is 4.73. The molecule has 1 rings (SSSR count). The monoisotopic (exact) mass is 269 g/mol. The van der Waals surface area contributed by atoms with Crippen LogP contribution in [0.25, 0.3) is 0 Å². The zero-order valence-corrected chi connectivity index (χ0v) is 9.59. The SMILES string of the molecule is Cc1sc(CS(N)(=O)=O)cc1Br. The fourth-order valence-electron chi connectivity index (χ4n) is 0.787. The standard InChI is InChI=1S/C6H8BrNO2S2/c1-4-6(7)2-5(11-4)3-12(8,9)10/h2H,3H2,1H3,(H2,8,9,10). The highest BCUT2D eigenvalue weighted by atomic mass is 79.9. The van der Waals surface area contributed by atoms with E-state index in [4.69, 9.17) is 5.14 Å². The normalized spacial score (nSPS) is 11.9. The van der Waals surface area contributed by atoms with Crippen molar-refractivity contribution < 1.29 is 8.42 Å². The second-order valence-corrected chi connectivity index (χ2v) is 6.23. The summed E-state index contributed by atoms with van der Waals surface area (Å²) in [5.41, 5.74) is 0. The van der Waals surface area contributed by atoms with Crippen molar-refractivity contribution in [2.24, 2.45) is 5.14 Å². The Morgan fingerprint density at radius 1 is 1.67 bits per heavy atom. The van der Waals surface area contributed by atoms with Gasteiger partial charge in [-0.3, -0.25) is 0 Å². The van der Waals surface area contributed by atoms with Crippen molar-refractivity contribution >= 4 is 37.3 Å². The lowest BCUT2D eigenvalue weighted by molar-refractivity contribution is 0.597.